The standard InChI is InChI=1S/C26H42N10O5/c27-17(9-4-12-32-25(28)29)21(37)35-19(15-16-7-2-1-3-8-16)23(39)36-14-6-11-20(36)22(38)34-18(24(40)41)10-5-13-33-26(30)31/h1-3,7-8,17-20H,4-6,9-15,27H2,(H,34,38)(H,35,37)(H,40,41)(H4,28,29,32)(H4,30,31,33). The summed E-state index contributed by atoms with van der Waals surface area (Å²) in [5.41, 5.74) is 28.1. The van der Waals surface area contributed by atoms with Crippen molar-refractivity contribution in [3.63, 3.8) is 0 Å². The number of likely N-dealkylation sites (tertiary alicyclic amines) is 1. The lowest BCUT2D eigenvalue weighted by Crippen LogP contribution is -2.57. The summed E-state index contributed by atoms with van der Waals surface area (Å²) in [5, 5.41) is 14.9. The Morgan fingerprint density at radius 3 is 2.12 bits per heavy atom. The molecule has 0 saturated carbocycles. The van der Waals surface area contributed by atoms with Gasteiger partial charge in [-0.25, -0.2) is 4.79 Å². The number of carbonyl (C=O) groups is 4. The quantitative estimate of drug-likeness (QED) is 0.0594. The van der Waals surface area contributed by atoms with Crippen molar-refractivity contribution in [1.82, 2.24) is 15.5 Å². The van der Waals surface area contributed by atoms with E-state index >= 15 is 0 Å². The van der Waals surface area contributed by atoms with Crippen LogP contribution in [0.5, 0.6) is 0 Å². The predicted molar refractivity (Wildman–Crippen MR) is 154 cm³/mol. The van der Waals surface area contributed by atoms with Crippen LogP contribution in [0.25, 0.3) is 0 Å². The second kappa shape index (κ2) is 16.6. The molecule has 41 heavy (non-hydrogen) atoms. The van der Waals surface area contributed by atoms with Gasteiger partial charge in [-0.15, -0.1) is 0 Å². The maximum atomic E-state index is 13.7. The summed E-state index contributed by atoms with van der Waals surface area (Å²) >= 11 is 0. The molecule has 4 atom stereocenters. The maximum absolute atomic E-state index is 13.7. The number of carboxylic acid groups (broad SMARTS) is 1. The third-order valence-electron chi connectivity index (χ3n) is 6.60. The van der Waals surface area contributed by atoms with Crippen molar-refractivity contribution in [2.45, 2.75) is 69.1 Å². The van der Waals surface area contributed by atoms with Crippen LogP contribution in [0.15, 0.2) is 40.3 Å². The van der Waals surface area contributed by atoms with Crippen LogP contribution in [0.3, 0.4) is 0 Å². The Labute approximate surface area is 239 Å². The van der Waals surface area contributed by atoms with E-state index in [0.717, 1.165) is 5.56 Å². The molecule has 1 aromatic rings. The van der Waals surface area contributed by atoms with Gasteiger partial charge in [0.25, 0.3) is 0 Å². The van der Waals surface area contributed by atoms with Crippen LogP contribution in [0, 0.1) is 0 Å². The third-order valence-corrected chi connectivity index (χ3v) is 6.60. The summed E-state index contributed by atoms with van der Waals surface area (Å²) in [5.74, 6) is -2.91. The van der Waals surface area contributed by atoms with E-state index in [2.05, 4.69) is 20.6 Å². The highest BCUT2D eigenvalue weighted by Gasteiger charge is 2.39. The Morgan fingerprint density at radius 2 is 1.54 bits per heavy atom. The topological polar surface area (TPSA) is 271 Å². The van der Waals surface area contributed by atoms with Gasteiger partial charge in [0.05, 0.1) is 6.04 Å². The Kier molecular flexibility index (Phi) is 13.3. The molecule has 15 nitrogen and oxygen atoms in total. The first-order valence-electron chi connectivity index (χ1n) is 13.5. The minimum atomic E-state index is -1.21. The van der Waals surface area contributed by atoms with Crippen molar-refractivity contribution in [3.8, 4) is 0 Å². The third kappa shape index (κ3) is 11.3. The highest BCUT2D eigenvalue weighted by molar-refractivity contribution is 5.94. The minimum absolute atomic E-state index is 0.0543. The molecule has 1 saturated heterocycles. The molecule has 0 aromatic heterocycles. The van der Waals surface area contributed by atoms with Crippen LogP contribution in [0.2, 0.25) is 0 Å². The summed E-state index contributed by atoms with van der Waals surface area (Å²) in [6, 6.07) is 5.18. The number of nitrogens with one attached hydrogen (secondary N) is 2. The van der Waals surface area contributed by atoms with E-state index in [1.54, 1.807) is 0 Å². The molecule has 1 aliphatic heterocycles. The number of hydrogen-bond acceptors (Lipinski definition) is 7. The van der Waals surface area contributed by atoms with Crippen LogP contribution in [0.1, 0.15) is 44.1 Å². The van der Waals surface area contributed by atoms with Crippen LogP contribution >= 0.6 is 0 Å². The Balaban J connectivity index is 2.12. The van der Waals surface area contributed by atoms with E-state index in [1.165, 1.54) is 4.90 Å². The van der Waals surface area contributed by atoms with Gasteiger partial charge in [0, 0.05) is 26.1 Å². The first kappa shape index (κ1) is 32.8. The number of rotatable bonds is 16. The van der Waals surface area contributed by atoms with Crippen molar-refractivity contribution in [3.05, 3.63) is 35.9 Å². The number of hydrogen-bond donors (Lipinski definition) is 8. The number of aliphatic carboxylic acids is 1. The number of nitrogens with zero attached hydrogens (tertiary/aromatic N) is 3. The van der Waals surface area contributed by atoms with Crippen LogP contribution in [-0.4, -0.2) is 89.4 Å². The fourth-order valence-corrected chi connectivity index (χ4v) is 4.51. The van der Waals surface area contributed by atoms with Gasteiger partial charge < -0.3 is 49.3 Å². The second-order valence-corrected chi connectivity index (χ2v) is 9.84. The lowest BCUT2D eigenvalue weighted by Gasteiger charge is -2.30. The van der Waals surface area contributed by atoms with Gasteiger partial charge in [-0.2, -0.15) is 0 Å². The molecule has 3 amide bonds. The highest BCUT2D eigenvalue weighted by Crippen LogP contribution is 2.20. The molecule has 0 spiro atoms. The van der Waals surface area contributed by atoms with Gasteiger partial charge in [0.15, 0.2) is 11.9 Å². The predicted octanol–water partition coefficient (Wildman–Crippen LogP) is -2.29. The fraction of sp³-hybridized carbons (Fsp3) is 0.538. The van der Waals surface area contributed by atoms with Crippen molar-refractivity contribution in [2.75, 3.05) is 19.6 Å². The van der Waals surface area contributed by atoms with Crippen LogP contribution in [-0.2, 0) is 25.6 Å². The number of benzene rings is 1. The van der Waals surface area contributed by atoms with E-state index in [-0.39, 0.29) is 37.9 Å². The average molecular weight is 575 g/mol. The monoisotopic (exact) mass is 574 g/mol. The van der Waals surface area contributed by atoms with Crippen LogP contribution < -0.4 is 39.3 Å². The Bertz CT molecular complexity index is 1090. The number of carbonyl (C=O) groups excluding carboxylic acids is 3. The lowest BCUT2D eigenvalue weighted by molar-refractivity contribution is -0.145. The van der Waals surface area contributed by atoms with Gasteiger partial charge in [-0.1, -0.05) is 30.3 Å². The average Bonchev–Trinajstić information content (AvgIpc) is 3.42. The molecule has 1 heterocycles. The lowest BCUT2D eigenvalue weighted by atomic mass is 10.0. The number of aliphatic imine (C=N–C) groups is 2. The molecule has 15 heteroatoms. The minimum Gasteiger partial charge on any atom is -0.480 e. The number of carboxylic acids is 1. The zero-order valence-corrected chi connectivity index (χ0v) is 23.1. The van der Waals surface area contributed by atoms with Gasteiger partial charge in [-0.3, -0.25) is 24.4 Å². The van der Waals surface area contributed by atoms with Gasteiger partial charge in [-0.05, 0) is 44.1 Å². The summed E-state index contributed by atoms with van der Waals surface area (Å²) in [4.78, 5) is 60.7. The van der Waals surface area contributed by atoms with Gasteiger partial charge in [0.1, 0.15) is 18.1 Å². The van der Waals surface area contributed by atoms with Crippen molar-refractivity contribution < 1.29 is 24.3 Å². The molecular weight excluding hydrogens is 532 g/mol. The zero-order chi connectivity index (χ0) is 30.4. The molecule has 1 aliphatic rings. The molecule has 2 rings (SSSR count). The molecule has 0 aliphatic carbocycles. The van der Waals surface area contributed by atoms with Crippen molar-refractivity contribution >= 4 is 35.6 Å². The summed E-state index contributed by atoms with van der Waals surface area (Å²) in [7, 11) is 0. The van der Waals surface area contributed by atoms with E-state index in [1.807, 2.05) is 30.3 Å². The molecule has 1 fully saturated rings. The van der Waals surface area contributed by atoms with E-state index in [0.29, 0.717) is 38.6 Å². The molecule has 226 valence electrons. The molecule has 0 radical (unpaired) electrons. The number of nitrogens with two attached hydrogens (primary N) is 5. The summed E-state index contributed by atoms with van der Waals surface area (Å²) < 4.78 is 0. The van der Waals surface area contributed by atoms with Gasteiger partial charge >= 0.3 is 5.97 Å². The molecule has 1 aromatic carbocycles. The van der Waals surface area contributed by atoms with E-state index < -0.39 is 47.9 Å². The number of amides is 3. The highest BCUT2D eigenvalue weighted by atomic mass is 16.4. The normalized spacial score (nSPS) is 16.6. The molecule has 0 bridgehead atoms. The summed E-state index contributed by atoms with van der Waals surface area (Å²) in [6.07, 6.45) is 2.28. The Morgan fingerprint density at radius 1 is 0.927 bits per heavy atom. The fourth-order valence-electron chi connectivity index (χ4n) is 4.51. The number of guanidine groups is 2. The van der Waals surface area contributed by atoms with Crippen molar-refractivity contribution in [1.29, 1.82) is 0 Å². The van der Waals surface area contributed by atoms with E-state index in [4.69, 9.17) is 28.7 Å². The first-order valence-corrected chi connectivity index (χ1v) is 13.5. The second-order valence-electron chi connectivity index (χ2n) is 9.84. The molecular formula is C26H42N10O5. The molecule has 4 unspecified atom stereocenters. The SMILES string of the molecule is NC(N)=NCCCC(N)C(=O)NC(Cc1ccccc1)C(=O)N1CCCC1C(=O)NC(CCCN=C(N)N)C(=O)O. The van der Waals surface area contributed by atoms with Crippen LogP contribution in [0.4, 0.5) is 0 Å². The maximum Gasteiger partial charge on any atom is 0.326 e. The van der Waals surface area contributed by atoms with Crippen molar-refractivity contribution in [2.24, 2.45) is 38.7 Å². The smallest absolute Gasteiger partial charge is 0.326 e. The van der Waals surface area contributed by atoms with E-state index in [9.17, 15) is 24.3 Å². The molecule has 13 N–H and O–H groups in total. The van der Waals surface area contributed by atoms with Gasteiger partial charge in [0.2, 0.25) is 17.7 Å². The Hall–Kier alpha value is -4.40. The first-order chi connectivity index (χ1) is 19.5. The zero-order valence-electron chi connectivity index (χ0n) is 23.1. The summed E-state index contributed by atoms with van der Waals surface area (Å²) in [6.45, 7) is 0.810. The largest absolute Gasteiger partial charge is 0.480 e.